The van der Waals surface area contributed by atoms with E-state index in [9.17, 15) is 19.2 Å². The Morgan fingerprint density at radius 1 is 0.821 bits per heavy atom. The highest BCUT2D eigenvalue weighted by Gasteiger charge is 2.22. The molecule has 0 aliphatic carbocycles. The van der Waals surface area contributed by atoms with Gasteiger partial charge in [0, 0.05) is 12.5 Å². The van der Waals surface area contributed by atoms with Gasteiger partial charge in [-0.3, -0.25) is 19.2 Å². The number of benzene rings is 1. The van der Waals surface area contributed by atoms with E-state index < -0.39 is 17.9 Å². The second kappa shape index (κ2) is 12.4. The fourth-order valence-electron chi connectivity index (χ4n) is 2.37. The second-order valence-electron chi connectivity index (χ2n) is 6.56. The number of hydrogen-bond acceptors (Lipinski definition) is 5. The number of nitrogens with one attached hydrogen (secondary N) is 5. The summed E-state index contributed by atoms with van der Waals surface area (Å²) in [4.78, 5) is 47.8. The molecule has 0 aliphatic rings. The third-order valence-corrected chi connectivity index (χ3v) is 3.59. The maximum Gasteiger partial charge on any atom is 0.243 e. The van der Waals surface area contributed by atoms with Crippen LogP contribution in [0.5, 0.6) is 0 Å². The fraction of sp³-hybridized carbons (Fsp3) is 0.474. The average Bonchev–Trinajstić information content (AvgIpc) is 2.64. The molecule has 0 bridgehead atoms. The first kappa shape index (κ1) is 23.1. The van der Waals surface area contributed by atoms with Crippen molar-refractivity contribution in [3.05, 3.63) is 35.9 Å². The summed E-state index contributed by atoms with van der Waals surface area (Å²) in [5.74, 6) is -1.61. The number of likely N-dealkylation sites (N-methyl/N-ethyl adjacent to an activating group) is 1. The number of carbonyl (C=O) groups excluding carboxylic acids is 4. The molecule has 1 rings (SSSR count). The molecule has 1 aromatic carbocycles. The molecule has 0 fully saturated rings. The van der Waals surface area contributed by atoms with Gasteiger partial charge in [0.25, 0.3) is 0 Å². The maximum absolute atomic E-state index is 12.5. The van der Waals surface area contributed by atoms with E-state index in [0.717, 1.165) is 5.56 Å². The molecule has 9 heteroatoms. The largest absolute Gasteiger partial charge is 0.352 e. The molecule has 28 heavy (non-hydrogen) atoms. The standard InChI is InChI=1S/C19H29N5O4/c1-13(2)23-17(26)12-22-19(28)15(9-14-7-5-4-6-8-14)24-18(27)11-21-16(25)10-20-3/h4-8,13,15,20H,9-12H2,1-3H3,(H,21,25)(H,22,28)(H,23,26)(H,24,27). The van der Waals surface area contributed by atoms with E-state index in [1.807, 2.05) is 44.2 Å². The maximum atomic E-state index is 12.5. The summed E-state index contributed by atoms with van der Waals surface area (Å²) in [5, 5.41) is 13.0. The van der Waals surface area contributed by atoms with E-state index in [2.05, 4.69) is 26.6 Å². The van der Waals surface area contributed by atoms with Crippen LogP contribution in [0.4, 0.5) is 0 Å². The van der Waals surface area contributed by atoms with Crippen LogP contribution >= 0.6 is 0 Å². The first-order chi connectivity index (χ1) is 13.3. The lowest BCUT2D eigenvalue weighted by Gasteiger charge is -2.19. The minimum Gasteiger partial charge on any atom is -0.352 e. The lowest BCUT2D eigenvalue weighted by molar-refractivity contribution is -0.130. The van der Waals surface area contributed by atoms with Gasteiger partial charge in [-0.1, -0.05) is 30.3 Å². The smallest absolute Gasteiger partial charge is 0.243 e. The topological polar surface area (TPSA) is 128 Å². The third kappa shape index (κ3) is 9.67. The van der Waals surface area contributed by atoms with Crippen LogP contribution in [0.2, 0.25) is 0 Å². The first-order valence-electron chi connectivity index (χ1n) is 9.13. The van der Waals surface area contributed by atoms with Crippen molar-refractivity contribution in [1.29, 1.82) is 0 Å². The predicted molar refractivity (Wildman–Crippen MR) is 105 cm³/mol. The van der Waals surface area contributed by atoms with Crippen molar-refractivity contribution >= 4 is 23.6 Å². The zero-order chi connectivity index (χ0) is 20.9. The quantitative estimate of drug-likeness (QED) is 0.320. The van der Waals surface area contributed by atoms with Gasteiger partial charge in [0.1, 0.15) is 6.04 Å². The Labute approximate surface area is 165 Å². The summed E-state index contributed by atoms with van der Waals surface area (Å²) < 4.78 is 0. The fourth-order valence-corrected chi connectivity index (χ4v) is 2.37. The van der Waals surface area contributed by atoms with Crippen LogP contribution in [0.3, 0.4) is 0 Å². The number of rotatable bonds is 11. The zero-order valence-electron chi connectivity index (χ0n) is 16.5. The SMILES string of the molecule is CNCC(=O)NCC(=O)NC(Cc1ccccc1)C(=O)NCC(=O)NC(C)C. The van der Waals surface area contributed by atoms with Crippen molar-refractivity contribution in [1.82, 2.24) is 26.6 Å². The first-order valence-corrected chi connectivity index (χ1v) is 9.13. The molecule has 4 amide bonds. The molecule has 0 spiro atoms. The Balaban J connectivity index is 2.67. The number of hydrogen-bond donors (Lipinski definition) is 5. The van der Waals surface area contributed by atoms with E-state index in [1.54, 1.807) is 7.05 Å². The summed E-state index contributed by atoms with van der Waals surface area (Å²) >= 11 is 0. The molecule has 154 valence electrons. The van der Waals surface area contributed by atoms with Crippen molar-refractivity contribution in [2.75, 3.05) is 26.7 Å². The Morgan fingerprint density at radius 3 is 2.04 bits per heavy atom. The van der Waals surface area contributed by atoms with Crippen LogP contribution in [0.25, 0.3) is 0 Å². The minimum absolute atomic E-state index is 0.0366. The normalized spacial score (nSPS) is 11.4. The second-order valence-corrected chi connectivity index (χ2v) is 6.56. The van der Waals surface area contributed by atoms with Crippen LogP contribution in [0.15, 0.2) is 30.3 Å². The zero-order valence-corrected chi connectivity index (χ0v) is 16.5. The number of carbonyl (C=O) groups is 4. The molecule has 0 saturated heterocycles. The third-order valence-electron chi connectivity index (χ3n) is 3.59. The van der Waals surface area contributed by atoms with Gasteiger partial charge in [-0.2, -0.15) is 0 Å². The van der Waals surface area contributed by atoms with E-state index >= 15 is 0 Å². The van der Waals surface area contributed by atoms with E-state index in [0.29, 0.717) is 0 Å². The average molecular weight is 391 g/mol. The molecule has 1 unspecified atom stereocenters. The summed E-state index contributed by atoms with van der Waals surface area (Å²) in [6.07, 6.45) is 0.259. The Morgan fingerprint density at radius 2 is 1.43 bits per heavy atom. The van der Waals surface area contributed by atoms with Crippen LogP contribution in [-0.2, 0) is 25.6 Å². The van der Waals surface area contributed by atoms with Crippen LogP contribution in [0, 0.1) is 0 Å². The molecular formula is C19H29N5O4. The molecule has 0 aliphatic heterocycles. The molecule has 9 nitrogen and oxygen atoms in total. The van der Waals surface area contributed by atoms with Crippen LogP contribution in [-0.4, -0.2) is 62.4 Å². The Hall–Kier alpha value is -2.94. The van der Waals surface area contributed by atoms with Gasteiger partial charge in [-0.25, -0.2) is 0 Å². The summed E-state index contributed by atoms with van der Waals surface area (Å²) in [5.41, 5.74) is 0.855. The molecule has 5 N–H and O–H groups in total. The highest BCUT2D eigenvalue weighted by molar-refractivity contribution is 5.92. The summed E-state index contributed by atoms with van der Waals surface area (Å²) in [6, 6.07) is 8.29. The van der Waals surface area contributed by atoms with Crippen molar-refractivity contribution in [3.8, 4) is 0 Å². The summed E-state index contributed by atoms with van der Waals surface area (Å²) in [6.45, 7) is 3.30. The van der Waals surface area contributed by atoms with Gasteiger partial charge >= 0.3 is 0 Å². The predicted octanol–water partition coefficient (Wildman–Crippen LogP) is -1.31. The summed E-state index contributed by atoms with van der Waals surface area (Å²) in [7, 11) is 1.62. The molecular weight excluding hydrogens is 362 g/mol. The van der Waals surface area contributed by atoms with E-state index in [4.69, 9.17) is 0 Å². The van der Waals surface area contributed by atoms with E-state index in [1.165, 1.54) is 0 Å². The molecule has 1 atom stereocenters. The van der Waals surface area contributed by atoms with Gasteiger partial charge in [-0.15, -0.1) is 0 Å². The van der Waals surface area contributed by atoms with Crippen LogP contribution < -0.4 is 26.6 Å². The van der Waals surface area contributed by atoms with Gasteiger partial charge in [0.05, 0.1) is 19.6 Å². The van der Waals surface area contributed by atoms with Crippen LogP contribution in [0.1, 0.15) is 19.4 Å². The van der Waals surface area contributed by atoms with Crippen molar-refractivity contribution < 1.29 is 19.2 Å². The molecule has 1 aromatic rings. The monoisotopic (exact) mass is 391 g/mol. The molecule has 0 heterocycles. The van der Waals surface area contributed by atoms with Gasteiger partial charge in [-0.05, 0) is 26.5 Å². The lowest BCUT2D eigenvalue weighted by atomic mass is 10.1. The minimum atomic E-state index is -0.872. The number of amides is 4. The highest BCUT2D eigenvalue weighted by Crippen LogP contribution is 2.03. The molecule has 0 saturated carbocycles. The Bertz CT molecular complexity index is 664. The Kier molecular flexibility index (Phi) is 10.3. The van der Waals surface area contributed by atoms with E-state index in [-0.39, 0.29) is 43.9 Å². The van der Waals surface area contributed by atoms with Crippen molar-refractivity contribution in [2.45, 2.75) is 32.4 Å². The van der Waals surface area contributed by atoms with Crippen molar-refractivity contribution in [3.63, 3.8) is 0 Å². The molecule has 0 aromatic heterocycles. The van der Waals surface area contributed by atoms with Gasteiger partial charge in [0.15, 0.2) is 0 Å². The molecule has 0 radical (unpaired) electrons. The lowest BCUT2D eigenvalue weighted by Crippen LogP contribution is -2.52. The van der Waals surface area contributed by atoms with Crippen molar-refractivity contribution in [2.24, 2.45) is 0 Å². The van der Waals surface area contributed by atoms with Gasteiger partial charge < -0.3 is 26.6 Å². The van der Waals surface area contributed by atoms with Gasteiger partial charge in [0.2, 0.25) is 23.6 Å². The highest BCUT2D eigenvalue weighted by atomic mass is 16.2.